The lowest BCUT2D eigenvalue weighted by Gasteiger charge is -2.20. The Hall–Kier alpha value is -2.45. The van der Waals surface area contributed by atoms with Crippen molar-refractivity contribution in [3.05, 3.63) is 16.4 Å². The number of rotatable bonds is 5. The molecule has 0 saturated carbocycles. The summed E-state index contributed by atoms with van der Waals surface area (Å²) in [7, 11) is 0. The molecule has 0 aromatic carbocycles. The molecule has 1 saturated heterocycles. The van der Waals surface area contributed by atoms with Crippen LogP contribution in [0.1, 0.15) is 19.8 Å². The molecule has 2 rings (SSSR count). The fourth-order valence-corrected chi connectivity index (χ4v) is 2.13. The van der Waals surface area contributed by atoms with Gasteiger partial charge in [-0.2, -0.15) is 0 Å². The molecule has 2 N–H and O–H groups in total. The third kappa shape index (κ3) is 3.56. The first-order valence-corrected chi connectivity index (χ1v) is 6.88. The van der Waals surface area contributed by atoms with Gasteiger partial charge in [-0.25, -0.2) is 9.97 Å². The van der Waals surface area contributed by atoms with Crippen LogP contribution in [0, 0.1) is 10.1 Å². The van der Waals surface area contributed by atoms with Crippen molar-refractivity contribution in [1.82, 2.24) is 15.3 Å². The van der Waals surface area contributed by atoms with Crippen molar-refractivity contribution in [3.63, 3.8) is 0 Å². The smallest absolute Gasteiger partial charge is 0.353 e. The number of nitrogens with one attached hydrogen (secondary N) is 2. The Morgan fingerprint density at radius 3 is 3.05 bits per heavy atom. The van der Waals surface area contributed by atoms with E-state index in [-0.39, 0.29) is 29.8 Å². The topological polar surface area (TPSA) is 113 Å². The molecule has 0 atom stereocenters. The second-order valence-electron chi connectivity index (χ2n) is 4.70. The Labute approximate surface area is 121 Å². The standard InChI is InChI=1S/C12H18N6O3/c1-2-4-14-11-10(18(20)21)12(16-8-15-11)17-6-3-5-13-9(19)7-17/h8H,2-7H2,1H3,(H,13,19)(H,14,15,16). The van der Waals surface area contributed by atoms with Crippen molar-refractivity contribution in [3.8, 4) is 0 Å². The first-order chi connectivity index (χ1) is 10.1. The highest BCUT2D eigenvalue weighted by atomic mass is 16.6. The fraction of sp³-hybridized carbons (Fsp3) is 0.583. The zero-order chi connectivity index (χ0) is 15.2. The number of carbonyl (C=O) groups excluding carboxylic acids is 1. The lowest BCUT2D eigenvalue weighted by molar-refractivity contribution is -0.383. The van der Waals surface area contributed by atoms with Crippen molar-refractivity contribution in [2.75, 3.05) is 36.4 Å². The number of nitro groups is 1. The van der Waals surface area contributed by atoms with Crippen LogP contribution in [-0.2, 0) is 4.79 Å². The normalized spacial score (nSPS) is 15.3. The molecule has 1 aromatic heterocycles. The molecule has 0 radical (unpaired) electrons. The zero-order valence-corrected chi connectivity index (χ0v) is 11.8. The number of aromatic nitrogens is 2. The molecule has 2 heterocycles. The molecule has 0 aliphatic carbocycles. The Morgan fingerprint density at radius 2 is 2.33 bits per heavy atom. The van der Waals surface area contributed by atoms with E-state index in [1.807, 2.05) is 6.92 Å². The summed E-state index contributed by atoms with van der Waals surface area (Å²) < 4.78 is 0. The molecule has 1 aliphatic rings. The summed E-state index contributed by atoms with van der Waals surface area (Å²) in [6.45, 7) is 3.70. The quantitative estimate of drug-likeness (QED) is 0.601. The van der Waals surface area contributed by atoms with E-state index in [9.17, 15) is 14.9 Å². The molecule has 9 heteroatoms. The van der Waals surface area contributed by atoms with E-state index in [4.69, 9.17) is 0 Å². The van der Waals surface area contributed by atoms with E-state index in [1.165, 1.54) is 6.33 Å². The summed E-state index contributed by atoms with van der Waals surface area (Å²) in [4.78, 5) is 32.1. The van der Waals surface area contributed by atoms with E-state index in [1.54, 1.807) is 4.90 Å². The largest absolute Gasteiger partial charge is 0.364 e. The van der Waals surface area contributed by atoms with Gasteiger partial charge >= 0.3 is 5.69 Å². The molecule has 0 unspecified atom stereocenters. The highest BCUT2D eigenvalue weighted by molar-refractivity contribution is 5.83. The van der Waals surface area contributed by atoms with Gasteiger partial charge in [0.15, 0.2) is 0 Å². The minimum absolute atomic E-state index is 0.0606. The molecule has 1 aromatic rings. The van der Waals surface area contributed by atoms with Crippen molar-refractivity contribution >= 4 is 23.2 Å². The molecule has 0 spiro atoms. The SMILES string of the molecule is CCCNc1ncnc(N2CCCNC(=O)C2)c1[N+](=O)[O-]. The van der Waals surface area contributed by atoms with Gasteiger partial charge < -0.3 is 15.5 Å². The number of amides is 1. The summed E-state index contributed by atoms with van der Waals surface area (Å²) in [5, 5.41) is 17.0. The molecule has 1 aliphatic heterocycles. The number of hydrogen-bond acceptors (Lipinski definition) is 7. The number of hydrogen-bond donors (Lipinski definition) is 2. The average molecular weight is 294 g/mol. The maximum absolute atomic E-state index is 11.6. The summed E-state index contributed by atoms with van der Waals surface area (Å²) in [5.74, 6) is 0.214. The zero-order valence-electron chi connectivity index (χ0n) is 11.8. The first kappa shape index (κ1) is 14.9. The van der Waals surface area contributed by atoms with Crippen LogP contribution in [0.15, 0.2) is 6.33 Å². The van der Waals surface area contributed by atoms with E-state index in [0.29, 0.717) is 26.1 Å². The van der Waals surface area contributed by atoms with Gasteiger partial charge in [0.25, 0.3) is 0 Å². The Bertz CT molecular complexity index is 536. The minimum atomic E-state index is -0.504. The lowest BCUT2D eigenvalue weighted by Crippen LogP contribution is -2.34. The van der Waals surface area contributed by atoms with Crippen molar-refractivity contribution < 1.29 is 9.72 Å². The van der Waals surface area contributed by atoms with Gasteiger partial charge in [0.2, 0.25) is 17.5 Å². The third-order valence-electron chi connectivity index (χ3n) is 3.09. The van der Waals surface area contributed by atoms with Gasteiger partial charge in [-0.15, -0.1) is 0 Å². The molecular weight excluding hydrogens is 276 g/mol. The molecular formula is C12H18N6O3. The monoisotopic (exact) mass is 294 g/mol. The molecule has 9 nitrogen and oxygen atoms in total. The van der Waals surface area contributed by atoms with Crippen molar-refractivity contribution in [1.29, 1.82) is 0 Å². The minimum Gasteiger partial charge on any atom is -0.364 e. The van der Waals surface area contributed by atoms with Crippen molar-refractivity contribution in [2.45, 2.75) is 19.8 Å². The summed E-state index contributed by atoms with van der Waals surface area (Å²) in [6.07, 6.45) is 2.82. The van der Waals surface area contributed by atoms with E-state index >= 15 is 0 Å². The van der Waals surface area contributed by atoms with Crippen LogP contribution in [0.3, 0.4) is 0 Å². The van der Waals surface area contributed by atoms with Gasteiger partial charge in [-0.05, 0) is 12.8 Å². The molecule has 1 amide bonds. The fourth-order valence-electron chi connectivity index (χ4n) is 2.13. The van der Waals surface area contributed by atoms with E-state index < -0.39 is 4.92 Å². The Morgan fingerprint density at radius 1 is 1.52 bits per heavy atom. The summed E-state index contributed by atoms with van der Waals surface area (Å²) in [6, 6.07) is 0. The second kappa shape index (κ2) is 6.82. The third-order valence-corrected chi connectivity index (χ3v) is 3.09. The van der Waals surface area contributed by atoms with Crippen LogP contribution >= 0.6 is 0 Å². The molecule has 0 bridgehead atoms. The van der Waals surface area contributed by atoms with Crippen LogP contribution in [0.4, 0.5) is 17.3 Å². The first-order valence-electron chi connectivity index (χ1n) is 6.88. The Balaban J connectivity index is 2.37. The Kier molecular flexibility index (Phi) is 4.85. The number of anilines is 2. The van der Waals surface area contributed by atoms with Gasteiger partial charge in [0.05, 0.1) is 11.5 Å². The van der Waals surface area contributed by atoms with Crippen LogP contribution in [0.2, 0.25) is 0 Å². The summed E-state index contributed by atoms with van der Waals surface area (Å²) in [5.41, 5.74) is -0.180. The van der Waals surface area contributed by atoms with Crippen LogP contribution < -0.4 is 15.5 Å². The van der Waals surface area contributed by atoms with Crippen molar-refractivity contribution in [2.24, 2.45) is 0 Å². The molecule has 114 valence electrons. The number of carbonyl (C=O) groups is 1. The van der Waals surface area contributed by atoms with Crippen LogP contribution in [0.5, 0.6) is 0 Å². The van der Waals surface area contributed by atoms with E-state index in [0.717, 1.165) is 6.42 Å². The van der Waals surface area contributed by atoms with Gasteiger partial charge in [0.1, 0.15) is 6.33 Å². The maximum Gasteiger partial charge on any atom is 0.353 e. The predicted octanol–water partition coefficient (Wildman–Crippen LogP) is 0.533. The maximum atomic E-state index is 11.6. The van der Waals surface area contributed by atoms with Gasteiger partial charge in [0, 0.05) is 19.6 Å². The highest BCUT2D eigenvalue weighted by Gasteiger charge is 2.28. The predicted molar refractivity (Wildman–Crippen MR) is 77.3 cm³/mol. The van der Waals surface area contributed by atoms with Crippen LogP contribution in [-0.4, -0.2) is 47.0 Å². The second-order valence-corrected chi connectivity index (χ2v) is 4.70. The lowest BCUT2D eigenvalue weighted by atomic mass is 10.3. The van der Waals surface area contributed by atoms with E-state index in [2.05, 4.69) is 20.6 Å². The van der Waals surface area contributed by atoms with Gasteiger partial charge in [-0.3, -0.25) is 14.9 Å². The summed E-state index contributed by atoms with van der Waals surface area (Å²) >= 11 is 0. The van der Waals surface area contributed by atoms with Crippen LogP contribution in [0.25, 0.3) is 0 Å². The van der Waals surface area contributed by atoms with Gasteiger partial charge in [-0.1, -0.05) is 6.92 Å². The number of nitrogens with zero attached hydrogens (tertiary/aromatic N) is 4. The highest BCUT2D eigenvalue weighted by Crippen LogP contribution is 2.31. The average Bonchev–Trinajstić information content (AvgIpc) is 2.69. The molecule has 21 heavy (non-hydrogen) atoms. The molecule has 1 fully saturated rings.